The smallest absolute Gasteiger partial charge is 0.425 e. The minimum atomic E-state index is -1.13. The van der Waals surface area contributed by atoms with Crippen LogP contribution in [-0.4, -0.2) is 76.6 Å². The summed E-state index contributed by atoms with van der Waals surface area (Å²) < 4.78 is 17.5. The number of piperidine rings is 1. The summed E-state index contributed by atoms with van der Waals surface area (Å²) in [7, 11) is 2.03. The highest BCUT2D eigenvalue weighted by Crippen LogP contribution is 2.26. The maximum absolute atomic E-state index is 12.7. The minimum Gasteiger partial charge on any atom is -0.425 e. The zero-order valence-electron chi connectivity index (χ0n) is 29.1. The van der Waals surface area contributed by atoms with Crippen LogP contribution in [0.1, 0.15) is 62.6 Å². The van der Waals surface area contributed by atoms with E-state index in [0.717, 1.165) is 66.6 Å². The van der Waals surface area contributed by atoms with Crippen molar-refractivity contribution in [3.05, 3.63) is 116 Å². The molecule has 4 rings (SSSR count). The van der Waals surface area contributed by atoms with E-state index >= 15 is 0 Å². The van der Waals surface area contributed by atoms with Crippen molar-refractivity contribution in [2.75, 3.05) is 33.2 Å². The van der Waals surface area contributed by atoms with E-state index in [1.165, 1.54) is 31.2 Å². The topological polar surface area (TPSA) is 148 Å². The number of likely N-dealkylation sites (tertiary alicyclic amines) is 1. The zero-order valence-corrected chi connectivity index (χ0v) is 29.1. The molecular weight excluding hydrogens is 644 g/mol. The lowest BCUT2D eigenvalue weighted by molar-refractivity contribution is -0.945. The number of quaternary nitrogens is 2. The van der Waals surface area contributed by atoms with Crippen molar-refractivity contribution in [3.63, 3.8) is 0 Å². The summed E-state index contributed by atoms with van der Waals surface area (Å²) in [5.74, 6) is -0.473. The standard InChI is InChI=1S/C37H48N4O9/c1-29(25-40(3,26-31-11-6-4-7-12-31)27-32-14-18-34(19-15-32)38(44)45)48-37(43)50-30(2)49-36(42)13-10-24-41(22-8-5-9-23-41)28-33-16-20-35(21-17-33)39(46)47/h4,6-7,11-12,14-21,29-30H,5,8-10,13,22-28H2,1-3H3/q+2. The summed E-state index contributed by atoms with van der Waals surface area (Å²) in [6.45, 7) is 8.30. The second-order valence-corrected chi connectivity index (χ2v) is 13.6. The Balaban J connectivity index is 1.25. The van der Waals surface area contributed by atoms with Crippen LogP contribution in [0.5, 0.6) is 0 Å². The molecule has 0 aromatic heterocycles. The second-order valence-electron chi connectivity index (χ2n) is 13.6. The number of rotatable bonds is 17. The SMILES string of the molecule is CC(C[N+](C)(Cc1ccccc1)Cc1ccc([N+](=O)[O-])cc1)OC(=O)OC(C)OC(=O)CCC[N+]1(Cc2ccc([N+](=O)[O-])cc2)CCCCC1. The largest absolute Gasteiger partial charge is 0.511 e. The first-order chi connectivity index (χ1) is 23.8. The molecule has 3 atom stereocenters. The van der Waals surface area contributed by atoms with Crippen LogP contribution in [0.3, 0.4) is 0 Å². The number of nitrogens with zero attached hydrogens (tertiary/aromatic N) is 4. The van der Waals surface area contributed by atoms with Crippen molar-refractivity contribution >= 4 is 23.5 Å². The van der Waals surface area contributed by atoms with Crippen LogP contribution in [-0.2, 0) is 38.6 Å². The Kier molecular flexibility index (Phi) is 13.4. The average Bonchev–Trinajstić information content (AvgIpc) is 3.05. The van der Waals surface area contributed by atoms with E-state index in [4.69, 9.17) is 14.2 Å². The third-order valence-electron chi connectivity index (χ3n) is 9.12. The highest BCUT2D eigenvalue weighted by Gasteiger charge is 2.31. The van der Waals surface area contributed by atoms with Crippen molar-refractivity contribution in [1.82, 2.24) is 0 Å². The zero-order chi connectivity index (χ0) is 36.1. The first-order valence-corrected chi connectivity index (χ1v) is 17.1. The van der Waals surface area contributed by atoms with E-state index < -0.39 is 34.4 Å². The van der Waals surface area contributed by atoms with Crippen LogP contribution >= 0.6 is 0 Å². The van der Waals surface area contributed by atoms with Gasteiger partial charge in [-0.3, -0.25) is 25.0 Å². The summed E-state index contributed by atoms with van der Waals surface area (Å²) in [5, 5.41) is 22.2. The molecule has 3 aromatic rings. The number of hydrogen-bond acceptors (Lipinski definition) is 9. The fraction of sp³-hybridized carbons (Fsp3) is 0.459. The second kappa shape index (κ2) is 17.7. The molecule has 1 aliphatic rings. The monoisotopic (exact) mass is 692 g/mol. The number of carbonyl (C=O) groups is 2. The van der Waals surface area contributed by atoms with Gasteiger partial charge in [0, 0.05) is 54.3 Å². The summed E-state index contributed by atoms with van der Waals surface area (Å²) >= 11 is 0. The molecule has 0 radical (unpaired) electrons. The van der Waals surface area contributed by atoms with E-state index in [2.05, 4.69) is 0 Å². The molecule has 50 heavy (non-hydrogen) atoms. The van der Waals surface area contributed by atoms with Crippen LogP contribution in [0.15, 0.2) is 78.9 Å². The molecule has 3 aromatic carbocycles. The number of carbonyl (C=O) groups excluding carboxylic acids is 2. The fourth-order valence-corrected chi connectivity index (χ4v) is 6.94. The van der Waals surface area contributed by atoms with Gasteiger partial charge in [-0.25, -0.2) is 4.79 Å². The van der Waals surface area contributed by atoms with Gasteiger partial charge in [-0.05, 0) is 50.5 Å². The third kappa shape index (κ3) is 11.9. The van der Waals surface area contributed by atoms with Crippen LogP contribution in [0.2, 0.25) is 0 Å². The summed E-state index contributed by atoms with van der Waals surface area (Å²) in [6.07, 6.45) is 1.46. The Labute approximate surface area is 292 Å². The summed E-state index contributed by atoms with van der Waals surface area (Å²) in [5.41, 5.74) is 3.11. The van der Waals surface area contributed by atoms with E-state index in [-0.39, 0.29) is 17.8 Å². The fourth-order valence-electron chi connectivity index (χ4n) is 6.94. The van der Waals surface area contributed by atoms with Gasteiger partial charge in [-0.1, -0.05) is 30.3 Å². The number of benzene rings is 3. The van der Waals surface area contributed by atoms with E-state index in [0.29, 0.717) is 30.5 Å². The molecule has 0 spiro atoms. The van der Waals surface area contributed by atoms with Gasteiger partial charge >= 0.3 is 12.1 Å². The molecule has 13 nitrogen and oxygen atoms in total. The predicted molar refractivity (Wildman–Crippen MR) is 185 cm³/mol. The van der Waals surface area contributed by atoms with Crippen LogP contribution in [0.25, 0.3) is 0 Å². The predicted octanol–water partition coefficient (Wildman–Crippen LogP) is 7.06. The van der Waals surface area contributed by atoms with Crippen LogP contribution in [0, 0.1) is 20.2 Å². The molecule has 0 saturated carbocycles. The Morgan fingerprint density at radius 2 is 1.30 bits per heavy atom. The van der Waals surface area contributed by atoms with E-state index in [1.807, 2.05) is 49.5 Å². The van der Waals surface area contributed by atoms with Gasteiger partial charge in [0.05, 0.1) is 42.9 Å². The first kappa shape index (κ1) is 37.9. The quantitative estimate of drug-likeness (QED) is 0.0477. The third-order valence-corrected chi connectivity index (χ3v) is 9.12. The number of likely N-dealkylation sites (N-methyl/N-ethyl adjacent to an activating group) is 1. The molecule has 13 heteroatoms. The number of esters is 1. The molecule has 0 bridgehead atoms. The van der Waals surface area contributed by atoms with Crippen molar-refractivity contribution < 1.29 is 42.6 Å². The van der Waals surface area contributed by atoms with Gasteiger partial charge in [0.15, 0.2) is 6.10 Å². The van der Waals surface area contributed by atoms with E-state index in [9.17, 15) is 29.8 Å². The van der Waals surface area contributed by atoms with Crippen LogP contribution < -0.4 is 0 Å². The Morgan fingerprint density at radius 1 is 0.760 bits per heavy atom. The lowest BCUT2D eigenvalue weighted by atomic mass is 10.0. The minimum absolute atomic E-state index is 0.0206. The van der Waals surface area contributed by atoms with Crippen molar-refractivity contribution in [1.29, 1.82) is 0 Å². The molecule has 0 N–H and O–H groups in total. The maximum Gasteiger partial charge on any atom is 0.511 e. The normalized spacial score (nSPS) is 16.3. The molecule has 1 fully saturated rings. The molecule has 0 aliphatic carbocycles. The highest BCUT2D eigenvalue weighted by atomic mass is 16.8. The van der Waals surface area contributed by atoms with Crippen molar-refractivity contribution in [2.45, 2.75) is 78.0 Å². The molecule has 1 heterocycles. The molecule has 268 valence electrons. The lowest BCUT2D eigenvalue weighted by Gasteiger charge is -2.41. The van der Waals surface area contributed by atoms with Gasteiger partial charge in [0.2, 0.25) is 6.29 Å². The number of nitro benzene ring substituents is 2. The lowest BCUT2D eigenvalue weighted by Crippen LogP contribution is -2.51. The molecule has 3 unspecified atom stereocenters. The number of nitro groups is 2. The van der Waals surface area contributed by atoms with E-state index in [1.54, 1.807) is 19.1 Å². The molecule has 1 saturated heterocycles. The van der Waals surface area contributed by atoms with Crippen LogP contribution in [0.4, 0.5) is 16.2 Å². The van der Waals surface area contributed by atoms with Crippen molar-refractivity contribution in [2.24, 2.45) is 0 Å². The number of hydrogen-bond donors (Lipinski definition) is 0. The van der Waals surface area contributed by atoms with Gasteiger partial charge in [-0.2, -0.15) is 0 Å². The van der Waals surface area contributed by atoms with Crippen molar-refractivity contribution in [3.8, 4) is 0 Å². The van der Waals surface area contributed by atoms with Gasteiger partial charge in [-0.15, -0.1) is 0 Å². The van der Waals surface area contributed by atoms with Gasteiger partial charge in [0.25, 0.3) is 11.4 Å². The van der Waals surface area contributed by atoms with Gasteiger partial charge < -0.3 is 23.2 Å². The first-order valence-electron chi connectivity index (χ1n) is 17.1. The molecule has 1 aliphatic heterocycles. The summed E-state index contributed by atoms with van der Waals surface area (Å²) in [6, 6.07) is 23.0. The Bertz CT molecular complexity index is 1580. The Morgan fingerprint density at radius 3 is 1.86 bits per heavy atom. The molecular formula is C37H48N4O9+2. The maximum atomic E-state index is 12.7. The average molecular weight is 693 g/mol. The molecule has 0 amide bonds. The van der Waals surface area contributed by atoms with Gasteiger partial charge in [0.1, 0.15) is 26.2 Å². The Hall–Kier alpha value is -4.88. The summed E-state index contributed by atoms with van der Waals surface area (Å²) in [4.78, 5) is 46.7. The number of non-ortho nitro benzene ring substituents is 2. The highest BCUT2D eigenvalue weighted by molar-refractivity contribution is 5.69. The number of ether oxygens (including phenoxy) is 3.